The lowest BCUT2D eigenvalue weighted by Crippen LogP contribution is -2.31. The number of hydrogen-bond acceptors (Lipinski definition) is 3. The van der Waals surface area contributed by atoms with E-state index in [1.807, 2.05) is 18.2 Å². The Morgan fingerprint density at radius 2 is 2.06 bits per heavy atom. The van der Waals surface area contributed by atoms with E-state index in [4.69, 9.17) is 10.5 Å². The normalized spacial score (nSPS) is 13.8. The van der Waals surface area contributed by atoms with E-state index in [-0.39, 0.29) is 18.6 Å². The fourth-order valence-electron chi connectivity index (χ4n) is 1.18. The Labute approximate surface area is 108 Å². The third-order valence-electron chi connectivity index (χ3n) is 2.04. The van der Waals surface area contributed by atoms with Gasteiger partial charge in [0.2, 0.25) is 5.91 Å². The zero-order chi connectivity index (χ0) is 12.9. The van der Waals surface area contributed by atoms with Gasteiger partial charge in [0.05, 0.1) is 0 Å². The minimum Gasteiger partial charge on any atom is -0.490 e. The van der Waals surface area contributed by atoms with Crippen LogP contribution in [0.2, 0.25) is 0 Å². The SMILES string of the molecule is C=C(CC(O)(Br)COc1ccccc1)C(N)=O. The minimum absolute atomic E-state index is 0.00909. The van der Waals surface area contributed by atoms with E-state index in [0.29, 0.717) is 5.75 Å². The lowest BCUT2D eigenvalue weighted by Gasteiger charge is -2.21. The molecule has 1 atom stereocenters. The van der Waals surface area contributed by atoms with Gasteiger partial charge in [-0.15, -0.1) is 0 Å². The van der Waals surface area contributed by atoms with Gasteiger partial charge < -0.3 is 15.6 Å². The highest BCUT2D eigenvalue weighted by atomic mass is 79.9. The summed E-state index contributed by atoms with van der Waals surface area (Å²) in [5.74, 6) is -0.00218. The summed E-state index contributed by atoms with van der Waals surface area (Å²) in [5.41, 5.74) is 5.18. The zero-order valence-electron chi connectivity index (χ0n) is 9.23. The van der Waals surface area contributed by atoms with Crippen LogP contribution in [0.4, 0.5) is 0 Å². The number of benzene rings is 1. The summed E-state index contributed by atoms with van der Waals surface area (Å²) in [7, 11) is 0. The maximum absolute atomic E-state index is 10.8. The van der Waals surface area contributed by atoms with E-state index >= 15 is 0 Å². The van der Waals surface area contributed by atoms with Gasteiger partial charge in [-0.1, -0.05) is 40.7 Å². The second-order valence-corrected chi connectivity index (χ2v) is 5.14. The summed E-state index contributed by atoms with van der Waals surface area (Å²) < 4.78 is 4.01. The molecule has 0 aliphatic carbocycles. The van der Waals surface area contributed by atoms with Gasteiger partial charge in [0.25, 0.3) is 0 Å². The predicted octanol–water partition coefficient (Wildman–Crippen LogP) is 1.58. The quantitative estimate of drug-likeness (QED) is 0.619. The average Bonchev–Trinajstić information content (AvgIpc) is 2.27. The molecular weight excluding hydrogens is 286 g/mol. The first-order valence-electron chi connectivity index (χ1n) is 4.97. The lowest BCUT2D eigenvalue weighted by atomic mass is 10.1. The van der Waals surface area contributed by atoms with Crippen molar-refractivity contribution in [3.8, 4) is 5.75 Å². The number of primary amides is 1. The predicted molar refractivity (Wildman–Crippen MR) is 68.8 cm³/mol. The molecule has 1 aromatic carbocycles. The van der Waals surface area contributed by atoms with Crippen LogP contribution in [0.25, 0.3) is 0 Å². The molecule has 5 heteroatoms. The maximum Gasteiger partial charge on any atom is 0.244 e. The van der Waals surface area contributed by atoms with Crippen molar-refractivity contribution in [1.29, 1.82) is 0 Å². The monoisotopic (exact) mass is 299 g/mol. The Balaban J connectivity index is 2.50. The molecule has 0 fully saturated rings. The second kappa shape index (κ2) is 5.84. The molecule has 1 amide bonds. The average molecular weight is 300 g/mol. The van der Waals surface area contributed by atoms with Crippen LogP contribution in [0.5, 0.6) is 5.75 Å². The number of rotatable bonds is 6. The van der Waals surface area contributed by atoms with Gasteiger partial charge in [-0.3, -0.25) is 4.79 Å². The number of hydrogen-bond donors (Lipinski definition) is 2. The molecule has 1 unspecified atom stereocenters. The molecule has 0 aliphatic heterocycles. The van der Waals surface area contributed by atoms with Crippen LogP contribution < -0.4 is 10.5 Å². The molecule has 0 saturated carbocycles. The topological polar surface area (TPSA) is 72.6 Å². The number of alkyl halides is 1. The van der Waals surface area contributed by atoms with Gasteiger partial charge in [0.15, 0.2) is 4.51 Å². The Kier molecular flexibility index (Phi) is 4.72. The molecule has 17 heavy (non-hydrogen) atoms. The molecule has 0 heterocycles. The van der Waals surface area contributed by atoms with Crippen molar-refractivity contribution >= 4 is 21.8 Å². The zero-order valence-corrected chi connectivity index (χ0v) is 10.8. The van der Waals surface area contributed by atoms with Crippen LogP contribution in [0.15, 0.2) is 42.5 Å². The number of carbonyl (C=O) groups excluding carboxylic acids is 1. The van der Waals surface area contributed by atoms with Crippen molar-refractivity contribution in [2.45, 2.75) is 10.9 Å². The summed E-state index contributed by atoms with van der Waals surface area (Å²) in [6, 6.07) is 9.05. The Hall–Kier alpha value is -1.33. The van der Waals surface area contributed by atoms with E-state index in [2.05, 4.69) is 22.5 Å². The molecule has 3 N–H and O–H groups in total. The van der Waals surface area contributed by atoms with Gasteiger partial charge in [-0.05, 0) is 12.1 Å². The van der Waals surface area contributed by atoms with Crippen molar-refractivity contribution in [3.05, 3.63) is 42.5 Å². The van der Waals surface area contributed by atoms with E-state index in [9.17, 15) is 9.90 Å². The van der Waals surface area contributed by atoms with Crippen LogP contribution in [0, 0.1) is 0 Å². The summed E-state index contributed by atoms with van der Waals surface area (Å²) in [6.45, 7) is 3.46. The maximum atomic E-state index is 10.8. The standard InChI is InChI=1S/C12H14BrNO3/c1-9(11(14)15)7-12(13,16)8-17-10-5-3-2-4-6-10/h2-6,16H,1,7-8H2,(H2,14,15). The fourth-order valence-corrected chi connectivity index (χ4v) is 1.63. The van der Waals surface area contributed by atoms with Crippen molar-refractivity contribution in [3.63, 3.8) is 0 Å². The van der Waals surface area contributed by atoms with Crippen molar-refractivity contribution in [1.82, 2.24) is 0 Å². The van der Waals surface area contributed by atoms with E-state index < -0.39 is 10.4 Å². The first-order chi connectivity index (χ1) is 7.91. The second-order valence-electron chi connectivity index (χ2n) is 3.66. The fraction of sp³-hybridized carbons (Fsp3) is 0.250. The molecule has 0 aromatic heterocycles. The smallest absolute Gasteiger partial charge is 0.244 e. The molecule has 1 aromatic rings. The Bertz CT molecular complexity index is 403. The highest BCUT2D eigenvalue weighted by Gasteiger charge is 2.26. The number of amides is 1. The molecule has 0 bridgehead atoms. The molecule has 4 nitrogen and oxygen atoms in total. The van der Waals surface area contributed by atoms with Crippen molar-refractivity contribution in [2.24, 2.45) is 5.73 Å². The molecule has 92 valence electrons. The molecule has 0 spiro atoms. The van der Waals surface area contributed by atoms with Gasteiger partial charge in [-0.2, -0.15) is 0 Å². The highest BCUT2D eigenvalue weighted by molar-refractivity contribution is 9.10. The van der Waals surface area contributed by atoms with Crippen LogP contribution in [-0.2, 0) is 4.79 Å². The lowest BCUT2D eigenvalue weighted by molar-refractivity contribution is -0.115. The van der Waals surface area contributed by atoms with E-state index in [0.717, 1.165) is 0 Å². The largest absolute Gasteiger partial charge is 0.490 e. The van der Waals surface area contributed by atoms with Crippen LogP contribution in [-0.4, -0.2) is 22.1 Å². The third-order valence-corrected chi connectivity index (χ3v) is 2.55. The Morgan fingerprint density at radius 3 is 2.59 bits per heavy atom. The summed E-state index contributed by atoms with van der Waals surface area (Å²) in [5, 5.41) is 9.92. The number of para-hydroxylation sites is 1. The highest BCUT2D eigenvalue weighted by Crippen LogP contribution is 2.24. The summed E-state index contributed by atoms with van der Waals surface area (Å²) in [4.78, 5) is 10.8. The first kappa shape index (κ1) is 13.7. The molecule has 0 saturated heterocycles. The minimum atomic E-state index is -1.35. The van der Waals surface area contributed by atoms with Crippen LogP contribution in [0.3, 0.4) is 0 Å². The van der Waals surface area contributed by atoms with Gasteiger partial charge in [-0.25, -0.2) is 0 Å². The van der Waals surface area contributed by atoms with Crippen molar-refractivity contribution in [2.75, 3.05) is 6.61 Å². The summed E-state index contributed by atoms with van der Waals surface area (Å²) >= 11 is 3.07. The van der Waals surface area contributed by atoms with Gasteiger partial charge in [0, 0.05) is 12.0 Å². The number of aliphatic hydroxyl groups is 1. The first-order valence-corrected chi connectivity index (χ1v) is 5.77. The number of carbonyl (C=O) groups is 1. The third kappa shape index (κ3) is 5.01. The van der Waals surface area contributed by atoms with Crippen LogP contribution in [0.1, 0.15) is 6.42 Å². The number of nitrogens with two attached hydrogens (primary N) is 1. The summed E-state index contributed by atoms with van der Waals surface area (Å²) in [6.07, 6.45) is 0.00909. The van der Waals surface area contributed by atoms with Crippen LogP contribution >= 0.6 is 15.9 Å². The van der Waals surface area contributed by atoms with Gasteiger partial charge >= 0.3 is 0 Å². The number of ether oxygens (including phenoxy) is 1. The molecule has 0 radical (unpaired) electrons. The number of halogens is 1. The van der Waals surface area contributed by atoms with E-state index in [1.54, 1.807) is 12.1 Å². The van der Waals surface area contributed by atoms with Crippen molar-refractivity contribution < 1.29 is 14.6 Å². The molecule has 0 aliphatic rings. The van der Waals surface area contributed by atoms with E-state index in [1.165, 1.54) is 0 Å². The van der Waals surface area contributed by atoms with Gasteiger partial charge in [0.1, 0.15) is 12.4 Å². The Morgan fingerprint density at radius 1 is 1.47 bits per heavy atom. The molecular formula is C12H14BrNO3. The molecule has 1 rings (SSSR count).